The normalized spacial score (nSPS) is 11.6. The summed E-state index contributed by atoms with van der Waals surface area (Å²) < 4.78 is 3.10. The zero-order valence-corrected chi connectivity index (χ0v) is 18.8. The van der Waals surface area contributed by atoms with Crippen LogP contribution >= 0.6 is 22.9 Å². The van der Waals surface area contributed by atoms with E-state index in [4.69, 9.17) is 16.6 Å². The third-order valence-corrected chi connectivity index (χ3v) is 6.68. The number of benzene rings is 2. The highest BCUT2D eigenvalue weighted by molar-refractivity contribution is 7.23. The molecule has 5 nitrogen and oxygen atoms in total. The number of carbonyl (C=O) groups is 1. The third kappa shape index (κ3) is 4.21. The van der Waals surface area contributed by atoms with Crippen LogP contribution in [0.5, 0.6) is 0 Å². The van der Waals surface area contributed by atoms with Crippen LogP contribution in [0.25, 0.3) is 26.4 Å². The largest absolute Gasteiger partial charge is 0.352 e. The second-order valence-electron chi connectivity index (χ2n) is 7.18. The van der Waals surface area contributed by atoms with Gasteiger partial charge in [-0.2, -0.15) is 0 Å². The second kappa shape index (κ2) is 9.16. The predicted molar refractivity (Wildman–Crippen MR) is 126 cm³/mol. The Balaban J connectivity index is 1.49. The van der Waals surface area contributed by atoms with Crippen LogP contribution in [0.15, 0.2) is 48.7 Å². The Morgan fingerprint density at radius 2 is 2.00 bits per heavy atom. The molecule has 0 aliphatic carbocycles. The van der Waals surface area contributed by atoms with Crippen molar-refractivity contribution in [1.82, 2.24) is 19.6 Å². The van der Waals surface area contributed by atoms with E-state index in [0.29, 0.717) is 17.1 Å². The summed E-state index contributed by atoms with van der Waals surface area (Å²) in [5.74, 6) is -0.0285. The monoisotopic (exact) mass is 440 g/mol. The van der Waals surface area contributed by atoms with Gasteiger partial charge in [-0.3, -0.25) is 9.20 Å². The number of aromatic nitrogens is 2. The number of fused-ring (bicyclic) bond motifs is 3. The Bertz CT molecular complexity index is 1180. The number of nitrogens with zero attached hydrogens (tertiary/aromatic N) is 3. The van der Waals surface area contributed by atoms with Crippen LogP contribution in [0.4, 0.5) is 0 Å². The molecule has 7 heteroatoms. The molecule has 0 atom stereocenters. The van der Waals surface area contributed by atoms with Crippen LogP contribution in [0.1, 0.15) is 30.6 Å². The molecule has 30 heavy (non-hydrogen) atoms. The fraction of sp³-hybridized carbons (Fsp3) is 0.304. The van der Waals surface area contributed by atoms with Gasteiger partial charge in [-0.25, -0.2) is 4.98 Å². The number of hydrogen-bond donors (Lipinski definition) is 1. The van der Waals surface area contributed by atoms with Crippen molar-refractivity contribution in [3.05, 3.63) is 59.2 Å². The highest BCUT2D eigenvalue weighted by Gasteiger charge is 2.14. The Labute approximate surface area is 185 Å². The van der Waals surface area contributed by atoms with E-state index in [1.165, 1.54) is 0 Å². The van der Waals surface area contributed by atoms with Crippen molar-refractivity contribution in [2.24, 2.45) is 0 Å². The fourth-order valence-electron chi connectivity index (χ4n) is 3.59. The minimum Gasteiger partial charge on any atom is -0.352 e. The van der Waals surface area contributed by atoms with E-state index in [1.807, 2.05) is 48.7 Å². The fourth-order valence-corrected chi connectivity index (χ4v) is 4.87. The van der Waals surface area contributed by atoms with Gasteiger partial charge in [0.1, 0.15) is 0 Å². The number of amides is 1. The molecular formula is C23H25ClN4OS. The van der Waals surface area contributed by atoms with Crippen LogP contribution < -0.4 is 5.32 Å². The van der Waals surface area contributed by atoms with Gasteiger partial charge in [0.2, 0.25) is 0 Å². The number of imidazole rings is 1. The summed E-state index contributed by atoms with van der Waals surface area (Å²) in [6.45, 7) is 8.09. The lowest BCUT2D eigenvalue weighted by Crippen LogP contribution is -2.29. The van der Waals surface area contributed by atoms with Gasteiger partial charge >= 0.3 is 0 Å². The predicted octanol–water partition coefficient (Wildman–Crippen LogP) is 5.33. The number of rotatable bonds is 8. The molecule has 2 aromatic carbocycles. The van der Waals surface area contributed by atoms with E-state index in [0.717, 1.165) is 52.5 Å². The van der Waals surface area contributed by atoms with Gasteiger partial charge in [-0.05, 0) is 50.3 Å². The first kappa shape index (κ1) is 20.8. The van der Waals surface area contributed by atoms with E-state index >= 15 is 0 Å². The van der Waals surface area contributed by atoms with Crippen molar-refractivity contribution in [3.8, 4) is 11.3 Å². The van der Waals surface area contributed by atoms with Gasteiger partial charge < -0.3 is 10.2 Å². The molecule has 1 N–H and O–H groups in total. The highest BCUT2D eigenvalue weighted by atomic mass is 35.5. The molecule has 2 aromatic heterocycles. The van der Waals surface area contributed by atoms with Gasteiger partial charge in [0.25, 0.3) is 5.91 Å². The Kier molecular flexibility index (Phi) is 6.37. The first-order valence-corrected chi connectivity index (χ1v) is 11.5. The van der Waals surface area contributed by atoms with Crippen molar-refractivity contribution in [1.29, 1.82) is 0 Å². The minimum atomic E-state index is -0.0285. The topological polar surface area (TPSA) is 49.6 Å². The third-order valence-electron chi connectivity index (χ3n) is 5.34. The summed E-state index contributed by atoms with van der Waals surface area (Å²) >= 11 is 7.90. The number of thiazole rings is 1. The second-order valence-corrected chi connectivity index (χ2v) is 8.60. The summed E-state index contributed by atoms with van der Waals surface area (Å²) in [5.41, 5.74) is 3.49. The van der Waals surface area contributed by atoms with Gasteiger partial charge in [-0.1, -0.05) is 55.0 Å². The molecule has 0 aliphatic rings. The maximum Gasteiger partial charge on any atom is 0.251 e. The average Bonchev–Trinajstić information content (AvgIpc) is 3.31. The van der Waals surface area contributed by atoms with Crippen molar-refractivity contribution in [3.63, 3.8) is 0 Å². The van der Waals surface area contributed by atoms with Crippen LogP contribution in [-0.2, 0) is 0 Å². The maximum atomic E-state index is 12.5. The SMILES string of the molecule is CCN(CC)CCCNC(=O)c1ccc2c(c1)sc1nc(-c3ccccc3Cl)cn12. The van der Waals surface area contributed by atoms with E-state index in [2.05, 4.69) is 28.5 Å². The molecule has 0 aliphatic heterocycles. The van der Waals surface area contributed by atoms with E-state index < -0.39 is 0 Å². The summed E-state index contributed by atoms with van der Waals surface area (Å²) in [6, 6.07) is 13.5. The van der Waals surface area contributed by atoms with Crippen molar-refractivity contribution in [2.45, 2.75) is 20.3 Å². The lowest BCUT2D eigenvalue weighted by molar-refractivity contribution is 0.0952. The van der Waals surface area contributed by atoms with E-state index in [-0.39, 0.29) is 5.91 Å². The molecule has 0 saturated carbocycles. The van der Waals surface area contributed by atoms with Gasteiger partial charge in [0.15, 0.2) is 4.96 Å². The lowest BCUT2D eigenvalue weighted by Gasteiger charge is -2.17. The summed E-state index contributed by atoms with van der Waals surface area (Å²) in [7, 11) is 0. The number of carbonyl (C=O) groups excluding carboxylic acids is 1. The van der Waals surface area contributed by atoms with Gasteiger partial charge in [-0.15, -0.1) is 0 Å². The molecular weight excluding hydrogens is 416 g/mol. The molecule has 0 bridgehead atoms. The van der Waals surface area contributed by atoms with Crippen molar-refractivity contribution in [2.75, 3.05) is 26.2 Å². The minimum absolute atomic E-state index is 0.0285. The first-order valence-electron chi connectivity index (χ1n) is 10.3. The highest BCUT2D eigenvalue weighted by Crippen LogP contribution is 2.32. The molecule has 0 unspecified atom stereocenters. The lowest BCUT2D eigenvalue weighted by atomic mass is 10.2. The van der Waals surface area contributed by atoms with Crippen molar-refractivity contribution < 1.29 is 4.79 Å². The van der Waals surface area contributed by atoms with E-state index in [9.17, 15) is 4.79 Å². The van der Waals surface area contributed by atoms with Crippen LogP contribution in [0, 0.1) is 0 Å². The molecule has 0 fully saturated rings. The number of nitrogens with one attached hydrogen (secondary N) is 1. The van der Waals surface area contributed by atoms with Crippen LogP contribution in [0.2, 0.25) is 5.02 Å². The quantitative estimate of drug-likeness (QED) is 0.376. The van der Waals surface area contributed by atoms with Crippen molar-refractivity contribution >= 4 is 44.0 Å². The smallest absolute Gasteiger partial charge is 0.251 e. The number of hydrogen-bond acceptors (Lipinski definition) is 4. The van der Waals surface area contributed by atoms with Gasteiger partial charge in [0, 0.05) is 23.9 Å². The molecule has 4 aromatic rings. The zero-order chi connectivity index (χ0) is 21.1. The molecule has 0 radical (unpaired) electrons. The molecule has 0 saturated heterocycles. The molecule has 4 rings (SSSR count). The Morgan fingerprint density at radius 3 is 2.77 bits per heavy atom. The Morgan fingerprint density at radius 1 is 1.20 bits per heavy atom. The van der Waals surface area contributed by atoms with Crippen LogP contribution in [0.3, 0.4) is 0 Å². The zero-order valence-electron chi connectivity index (χ0n) is 17.2. The number of halogens is 1. The Hall–Kier alpha value is -2.41. The molecule has 0 spiro atoms. The first-order chi connectivity index (χ1) is 14.6. The van der Waals surface area contributed by atoms with Gasteiger partial charge in [0.05, 0.1) is 20.9 Å². The molecule has 1 amide bonds. The summed E-state index contributed by atoms with van der Waals surface area (Å²) in [6.07, 6.45) is 2.95. The average molecular weight is 441 g/mol. The maximum absolute atomic E-state index is 12.5. The van der Waals surface area contributed by atoms with E-state index in [1.54, 1.807) is 11.3 Å². The summed E-state index contributed by atoms with van der Waals surface area (Å²) in [5, 5.41) is 3.72. The summed E-state index contributed by atoms with van der Waals surface area (Å²) in [4.78, 5) is 20.5. The van der Waals surface area contributed by atoms with Crippen LogP contribution in [-0.4, -0.2) is 46.4 Å². The standard InChI is InChI=1S/C23H25ClN4OS/c1-3-27(4-2)13-7-12-25-22(29)16-10-11-20-21(14-16)30-23-26-19(15-28(20)23)17-8-5-6-9-18(17)24/h5-6,8-11,14-15H,3-4,7,12-13H2,1-2H3,(H,25,29). The molecule has 2 heterocycles. The molecule has 156 valence electrons.